The van der Waals surface area contributed by atoms with E-state index in [9.17, 15) is 4.79 Å². The fourth-order valence-corrected chi connectivity index (χ4v) is 1.43. The maximum absolute atomic E-state index is 11.6. The quantitative estimate of drug-likeness (QED) is 0.585. The molecule has 1 aromatic carbocycles. The minimum absolute atomic E-state index is 0.388. The number of amides is 1. The van der Waals surface area contributed by atoms with Crippen molar-refractivity contribution in [1.82, 2.24) is 9.96 Å². The molecule has 1 amide bonds. The normalized spacial score (nSPS) is 10.4. The summed E-state index contributed by atoms with van der Waals surface area (Å²) in [5.74, 6) is 0.610. The highest BCUT2D eigenvalue weighted by molar-refractivity contribution is 5.66. The van der Waals surface area contributed by atoms with Gasteiger partial charge in [0.15, 0.2) is 5.75 Å². The molecule has 0 saturated heterocycles. The SMILES string of the molecule is Cc1ccc(ON(C)C(=O)OCCCN(C)C)cc1. The molecule has 0 saturated carbocycles. The van der Waals surface area contributed by atoms with Crippen molar-refractivity contribution in [2.75, 3.05) is 34.3 Å². The number of rotatable bonds is 6. The number of benzene rings is 1. The van der Waals surface area contributed by atoms with E-state index in [0.717, 1.165) is 23.6 Å². The van der Waals surface area contributed by atoms with Crippen molar-refractivity contribution < 1.29 is 14.4 Å². The topological polar surface area (TPSA) is 42.0 Å². The molecule has 0 N–H and O–H groups in total. The van der Waals surface area contributed by atoms with Gasteiger partial charge in [-0.1, -0.05) is 17.7 Å². The highest BCUT2D eigenvalue weighted by Gasteiger charge is 2.11. The van der Waals surface area contributed by atoms with Crippen LogP contribution < -0.4 is 4.84 Å². The summed E-state index contributed by atoms with van der Waals surface area (Å²) in [6, 6.07) is 7.47. The van der Waals surface area contributed by atoms with E-state index in [0.29, 0.717) is 12.4 Å². The summed E-state index contributed by atoms with van der Waals surface area (Å²) in [6.07, 6.45) is 0.316. The van der Waals surface area contributed by atoms with E-state index in [1.54, 1.807) is 0 Å². The van der Waals surface area contributed by atoms with E-state index >= 15 is 0 Å². The Bertz CT molecular complexity index is 390. The van der Waals surface area contributed by atoms with E-state index < -0.39 is 6.09 Å². The number of nitrogens with zero attached hydrogens (tertiary/aromatic N) is 2. The van der Waals surface area contributed by atoms with Crippen LogP contribution >= 0.6 is 0 Å². The molecule has 0 aliphatic carbocycles. The number of hydrogen-bond donors (Lipinski definition) is 0. The Hall–Kier alpha value is -1.75. The molecule has 0 bridgehead atoms. The second-order valence-electron chi connectivity index (χ2n) is 4.67. The minimum Gasteiger partial charge on any atom is -0.447 e. The number of carbonyl (C=O) groups is 1. The molecule has 19 heavy (non-hydrogen) atoms. The summed E-state index contributed by atoms with van der Waals surface area (Å²) in [5.41, 5.74) is 1.14. The molecule has 0 heterocycles. The first kappa shape index (κ1) is 15.3. The van der Waals surface area contributed by atoms with Gasteiger partial charge < -0.3 is 14.5 Å². The first-order valence-corrected chi connectivity index (χ1v) is 6.29. The van der Waals surface area contributed by atoms with Crippen molar-refractivity contribution in [3.05, 3.63) is 29.8 Å². The smallest absolute Gasteiger partial charge is 0.442 e. The van der Waals surface area contributed by atoms with Gasteiger partial charge in [-0.15, -0.1) is 5.06 Å². The number of hydrogen-bond acceptors (Lipinski definition) is 4. The van der Waals surface area contributed by atoms with Gasteiger partial charge >= 0.3 is 6.09 Å². The fourth-order valence-electron chi connectivity index (χ4n) is 1.43. The predicted molar refractivity (Wildman–Crippen MR) is 74.1 cm³/mol. The molecule has 5 nitrogen and oxygen atoms in total. The zero-order valence-corrected chi connectivity index (χ0v) is 12.0. The van der Waals surface area contributed by atoms with Crippen LogP contribution in [0.3, 0.4) is 0 Å². The number of ether oxygens (including phenoxy) is 1. The van der Waals surface area contributed by atoms with Crippen LogP contribution in [0.4, 0.5) is 4.79 Å². The van der Waals surface area contributed by atoms with Gasteiger partial charge in [0.2, 0.25) is 0 Å². The van der Waals surface area contributed by atoms with E-state index in [-0.39, 0.29) is 0 Å². The third-order valence-corrected chi connectivity index (χ3v) is 2.50. The monoisotopic (exact) mass is 266 g/mol. The molecule has 0 aliphatic rings. The average Bonchev–Trinajstić information content (AvgIpc) is 2.36. The third kappa shape index (κ3) is 6.10. The number of aryl methyl sites for hydroxylation is 1. The van der Waals surface area contributed by atoms with Crippen molar-refractivity contribution in [2.24, 2.45) is 0 Å². The average molecular weight is 266 g/mol. The summed E-state index contributed by atoms with van der Waals surface area (Å²) in [6.45, 7) is 3.26. The van der Waals surface area contributed by atoms with Crippen LogP contribution in [0.25, 0.3) is 0 Å². The number of carbonyl (C=O) groups excluding carboxylic acids is 1. The van der Waals surface area contributed by atoms with Crippen molar-refractivity contribution in [1.29, 1.82) is 0 Å². The zero-order valence-electron chi connectivity index (χ0n) is 12.0. The van der Waals surface area contributed by atoms with Crippen molar-refractivity contribution in [3.63, 3.8) is 0 Å². The predicted octanol–water partition coefficient (Wildman–Crippen LogP) is 2.31. The van der Waals surface area contributed by atoms with Crippen molar-refractivity contribution in [2.45, 2.75) is 13.3 Å². The van der Waals surface area contributed by atoms with Crippen LogP contribution in [0, 0.1) is 6.92 Å². The van der Waals surface area contributed by atoms with Gasteiger partial charge in [-0.05, 0) is 39.6 Å². The molecule has 0 aliphatic heterocycles. The molecule has 0 atom stereocenters. The van der Waals surface area contributed by atoms with E-state index in [2.05, 4.69) is 0 Å². The maximum atomic E-state index is 11.6. The highest BCUT2D eigenvalue weighted by atomic mass is 16.7. The van der Waals surface area contributed by atoms with Gasteiger partial charge in [-0.3, -0.25) is 0 Å². The molecule has 0 radical (unpaired) electrons. The van der Waals surface area contributed by atoms with Gasteiger partial charge in [0, 0.05) is 6.54 Å². The van der Waals surface area contributed by atoms with Gasteiger partial charge in [0.1, 0.15) is 0 Å². The molecule has 5 heteroatoms. The molecule has 0 fully saturated rings. The van der Waals surface area contributed by atoms with Crippen molar-refractivity contribution >= 4 is 6.09 Å². The van der Waals surface area contributed by atoms with Crippen LogP contribution in [-0.4, -0.2) is 50.4 Å². The van der Waals surface area contributed by atoms with Gasteiger partial charge in [0.25, 0.3) is 0 Å². The second-order valence-corrected chi connectivity index (χ2v) is 4.67. The molecular formula is C14H22N2O3. The number of hydroxylamine groups is 2. The molecule has 0 spiro atoms. The van der Waals surface area contributed by atoms with Crippen LogP contribution in [0.15, 0.2) is 24.3 Å². The van der Waals surface area contributed by atoms with Gasteiger partial charge in [-0.2, -0.15) is 0 Å². The largest absolute Gasteiger partial charge is 0.447 e. The lowest BCUT2D eigenvalue weighted by Gasteiger charge is -2.17. The Morgan fingerprint density at radius 3 is 2.37 bits per heavy atom. The van der Waals surface area contributed by atoms with Crippen LogP contribution in [-0.2, 0) is 4.74 Å². The zero-order chi connectivity index (χ0) is 14.3. The third-order valence-electron chi connectivity index (χ3n) is 2.50. The van der Waals surface area contributed by atoms with Crippen LogP contribution in [0.1, 0.15) is 12.0 Å². The van der Waals surface area contributed by atoms with E-state index in [1.807, 2.05) is 50.2 Å². The first-order chi connectivity index (χ1) is 8.99. The molecule has 1 rings (SSSR count). The summed E-state index contributed by atoms with van der Waals surface area (Å²) >= 11 is 0. The lowest BCUT2D eigenvalue weighted by Crippen LogP contribution is -2.31. The Labute approximate surface area is 114 Å². The second kappa shape index (κ2) is 7.63. The lowest BCUT2D eigenvalue weighted by atomic mass is 10.2. The van der Waals surface area contributed by atoms with E-state index in [4.69, 9.17) is 9.57 Å². The fraction of sp³-hybridized carbons (Fsp3) is 0.500. The van der Waals surface area contributed by atoms with Gasteiger partial charge in [0.05, 0.1) is 13.7 Å². The van der Waals surface area contributed by atoms with Crippen LogP contribution in [0.5, 0.6) is 5.75 Å². The molecular weight excluding hydrogens is 244 g/mol. The summed E-state index contributed by atoms with van der Waals surface area (Å²) < 4.78 is 5.09. The summed E-state index contributed by atoms with van der Waals surface area (Å²) in [4.78, 5) is 19.0. The van der Waals surface area contributed by atoms with E-state index in [1.165, 1.54) is 7.05 Å². The minimum atomic E-state index is -0.487. The summed E-state index contributed by atoms with van der Waals surface area (Å²) in [7, 11) is 5.50. The maximum Gasteiger partial charge on any atom is 0.442 e. The lowest BCUT2D eigenvalue weighted by molar-refractivity contribution is -0.0282. The molecule has 0 aromatic heterocycles. The Morgan fingerprint density at radius 2 is 1.79 bits per heavy atom. The Balaban J connectivity index is 2.30. The van der Waals surface area contributed by atoms with Crippen molar-refractivity contribution in [3.8, 4) is 5.75 Å². The molecule has 0 unspecified atom stereocenters. The molecule has 106 valence electrons. The highest BCUT2D eigenvalue weighted by Crippen LogP contribution is 2.12. The van der Waals surface area contributed by atoms with Gasteiger partial charge in [-0.25, -0.2) is 4.79 Å². The Kier molecular flexibility index (Phi) is 6.15. The first-order valence-electron chi connectivity index (χ1n) is 6.29. The standard InChI is InChI=1S/C14H22N2O3/c1-12-6-8-13(9-7-12)19-16(4)14(17)18-11-5-10-15(2)3/h6-9H,5,10-11H2,1-4H3. The van der Waals surface area contributed by atoms with Crippen LogP contribution in [0.2, 0.25) is 0 Å². The Morgan fingerprint density at radius 1 is 1.16 bits per heavy atom. The summed E-state index contributed by atoms with van der Waals surface area (Å²) in [5, 5.41) is 1.10. The molecule has 1 aromatic rings.